The van der Waals surface area contributed by atoms with E-state index in [0.717, 1.165) is 37.9 Å². The van der Waals surface area contributed by atoms with Gasteiger partial charge in [-0.3, -0.25) is 0 Å². The summed E-state index contributed by atoms with van der Waals surface area (Å²) in [6.45, 7) is 7.95. The van der Waals surface area contributed by atoms with Gasteiger partial charge in [-0.15, -0.1) is 0 Å². The fourth-order valence-corrected chi connectivity index (χ4v) is 3.95. The first-order valence-corrected chi connectivity index (χ1v) is 9.34. The minimum absolute atomic E-state index is 0.103. The van der Waals surface area contributed by atoms with Crippen molar-refractivity contribution in [2.45, 2.75) is 71.4 Å². The van der Waals surface area contributed by atoms with Crippen LogP contribution in [0.15, 0.2) is 11.8 Å². The van der Waals surface area contributed by atoms with Crippen molar-refractivity contribution < 1.29 is 23.7 Å². The molecule has 0 aromatic heterocycles. The van der Waals surface area contributed by atoms with Crippen molar-refractivity contribution in [3.63, 3.8) is 0 Å². The molecule has 3 aliphatic rings. The van der Waals surface area contributed by atoms with Crippen LogP contribution in [-0.4, -0.2) is 31.3 Å². The Labute approximate surface area is 144 Å². The molecule has 24 heavy (non-hydrogen) atoms. The van der Waals surface area contributed by atoms with Crippen LogP contribution >= 0.6 is 0 Å². The van der Waals surface area contributed by atoms with E-state index in [1.54, 1.807) is 0 Å². The molecule has 3 atom stereocenters. The van der Waals surface area contributed by atoms with Gasteiger partial charge in [-0.1, -0.05) is 20.8 Å². The number of ether oxygens (including phenoxy) is 4. The number of carbonyl (C=O) groups excluding carboxylic acids is 1. The van der Waals surface area contributed by atoms with E-state index in [2.05, 4.69) is 20.8 Å². The first-order valence-electron chi connectivity index (χ1n) is 9.34. The molecule has 1 aliphatic carbocycles. The third kappa shape index (κ3) is 3.94. The van der Waals surface area contributed by atoms with Crippen LogP contribution in [0.3, 0.4) is 0 Å². The molecular formula is C19H30O5. The fraction of sp³-hybridized carbons (Fsp3) is 0.842. The van der Waals surface area contributed by atoms with Gasteiger partial charge in [0.25, 0.3) is 5.79 Å². The number of esters is 1. The van der Waals surface area contributed by atoms with Crippen molar-refractivity contribution in [3.8, 4) is 0 Å². The molecule has 2 fully saturated rings. The van der Waals surface area contributed by atoms with Gasteiger partial charge in [0.2, 0.25) is 0 Å². The molecular weight excluding hydrogens is 308 g/mol. The first kappa shape index (κ1) is 17.7. The topological polar surface area (TPSA) is 54.0 Å². The number of hydrogen-bond acceptors (Lipinski definition) is 5. The minimum Gasteiger partial charge on any atom is -0.456 e. The highest BCUT2D eigenvalue weighted by Gasteiger charge is 2.49. The Morgan fingerprint density at radius 2 is 1.96 bits per heavy atom. The molecule has 1 saturated heterocycles. The van der Waals surface area contributed by atoms with Crippen molar-refractivity contribution >= 4 is 5.97 Å². The highest BCUT2D eigenvalue weighted by Crippen LogP contribution is 2.46. The molecule has 0 unspecified atom stereocenters. The van der Waals surface area contributed by atoms with Crippen LogP contribution in [0.25, 0.3) is 0 Å². The maximum atomic E-state index is 12.2. The van der Waals surface area contributed by atoms with Crippen LogP contribution in [0, 0.1) is 17.8 Å². The van der Waals surface area contributed by atoms with Crippen molar-refractivity contribution in [2.75, 3.05) is 13.2 Å². The van der Waals surface area contributed by atoms with Crippen molar-refractivity contribution in [1.29, 1.82) is 0 Å². The molecule has 0 aromatic carbocycles. The molecule has 0 bridgehead atoms. The SMILES string of the molecule is CC(C)[C@@H]1CC[C@@H](C)[C@]2(C1)OC(=O)C=C(CCCC1OCCO1)O2. The lowest BCUT2D eigenvalue weighted by Crippen LogP contribution is -2.50. The molecule has 1 saturated carbocycles. The molecule has 5 nitrogen and oxygen atoms in total. The molecule has 0 N–H and O–H groups in total. The summed E-state index contributed by atoms with van der Waals surface area (Å²) in [5.41, 5.74) is 0. The lowest BCUT2D eigenvalue weighted by molar-refractivity contribution is -0.262. The van der Waals surface area contributed by atoms with E-state index < -0.39 is 5.79 Å². The van der Waals surface area contributed by atoms with E-state index >= 15 is 0 Å². The summed E-state index contributed by atoms with van der Waals surface area (Å²) in [6, 6.07) is 0. The Hall–Kier alpha value is -1.07. The Morgan fingerprint density at radius 3 is 2.67 bits per heavy atom. The zero-order valence-electron chi connectivity index (χ0n) is 15.1. The van der Waals surface area contributed by atoms with E-state index in [1.807, 2.05) is 0 Å². The number of rotatable bonds is 5. The van der Waals surface area contributed by atoms with Crippen molar-refractivity contribution in [1.82, 2.24) is 0 Å². The van der Waals surface area contributed by atoms with Crippen molar-refractivity contribution in [2.24, 2.45) is 17.8 Å². The van der Waals surface area contributed by atoms with E-state index in [1.165, 1.54) is 12.5 Å². The second-order valence-corrected chi connectivity index (χ2v) is 7.70. The first-order chi connectivity index (χ1) is 11.5. The number of hydrogen-bond donors (Lipinski definition) is 0. The van der Waals surface area contributed by atoms with Crippen molar-refractivity contribution in [3.05, 3.63) is 11.8 Å². The molecule has 2 heterocycles. The summed E-state index contributed by atoms with van der Waals surface area (Å²) in [5, 5.41) is 0. The van der Waals surface area contributed by atoms with Crippen LogP contribution in [0.2, 0.25) is 0 Å². The van der Waals surface area contributed by atoms with E-state index in [0.29, 0.717) is 25.0 Å². The Kier molecular flexibility index (Phi) is 5.50. The molecule has 0 radical (unpaired) electrons. The lowest BCUT2D eigenvalue weighted by Gasteiger charge is -2.47. The van der Waals surface area contributed by atoms with Gasteiger partial charge in [0.05, 0.1) is 19.3 Å². The highest BCUT2D eigenvalue weighted by molar-refractivity contribution is 5.83. The quantitative estimate of drug-likeness (QED) is 0.714. The summed E-state index contributed by atoms with van der Waals surface area (Å²) in [7, 11) is 0. The van der Waals surface area contributed by atoms with Gasteiger partial charge in [0, 0.05) is 18.8 Å². The third-order valence-electron chi connectivity index (χ3n) is 5.62. The Morgan fingerprint density at radius 1 is 1.21 bits per heavy atom. The summed E-state index contributed by atoms with van der Waals surface area (Å²) < 4.78 is 22.9. The van der Waals surface area contributed by atoms with Gasteiger partial charge in [0.15, 0.2) is 6.29 Å². The van der Waals surface area contributed by atoms with Crippen LogP contribution in [0.1, 0.15) is 59.3 Å². The van der Waals surface area contributed by atoms with Crippen LogP contribution in [0.5, 0.6) is 0 Å². The number of allylic oxidation sites excluding steroid dienone is 1. The summed E-state index contributed by atoms with van der Waals surface area (Å²) in [4.78, 5) is 12.2. The average molecular weight is 338 g/mol. The van der Waals surface area contributed by atoms with Gasteiger partial charge < -0.3 is 18.9 Å². The van der Waals surface area contributed by atoms with Gasteiger partial charge in [0.1, 0.15) is 5.76 Å². The van der Waals surface area contributed by atoms with Crippen LogP contribution < -0.4 is 0 Å². The molecule has 0 aromatic rings. The van der Waals surface area contributed by atoms with E-state index in [9.17, 15) is 4.79 Å². The second kappa shape index (κ2) is 7.44. The molecule has 1 spiro atoms. The third-order valence-corrected chi connectivity index (χ3v) is 5.62. The minimum atomic E-state index is -0.769. The molecule has 2 aliphatic heterocycles. The molecule has 3 rings (SSSR count). The largest absolute Gasteiger partial charge is 0.456 e. The maximum absolute atomic E-state index is 12.2. The second-order valence-electron chi connectivity index (χ2n) is 7.70. The maximum Gasteiger partial charge on any atom is 0.337 e. The summed E-state index contributed by atoms with van der Waals surface area (Å²) in [6.07, 6.45) is 6.84. The van der Waals surface area contributed by atoms with Gasteiger partial charge in [-0.2, -0.15) is 0 Å². The molecule has 136 valence electrons. The predicted octanol–water partition coefficient (Wildman–Crippen LogP) is 3.78. The average Bonchev–Trinajstić information content (AvgIpc) is 3.03. The monoisotopic (exact) mass is 338 g/mol. The van der Waals surface area contributed by atoms with Gasteiger partial charge in [-0.25, -0.2) is 4.79 Å². The van der Waals surface area contributed by atoms with Gasteiger partial charge in [-0.05, 0) is 37.5 Å². The Balaban J connectivity index is 1.61. The smallest absolute Gasteiger partial charge is 0.337 e. The van der Waals surface area contributed by atoms with E-state index in [4.69, 9.17) is 18.9 Å². The van der Waals surface area contributed by atoms with Crippen LogP contribution in [0.4, 0.5) is 0 Å². The van der Waals surface area contributed by atoms with E-state index in [-0.39, 0.29) is 18.2 Å². The summed E-state index contributed by atoms with van der Waals surface area (Å²) in [5.74, 6) is 1.05. The van der Waals surface area contributed by atoms with Gasteiger partial charge >= 0.3 is 5.97 Å². The lowest BCUT2D eigenvalue weighted by atomic mass is 9.73. The standard InChI is InChI=1S/C19H30O5/c1-13(2)15-8-7-14(3)19(12-15)23-16(11-17(20)24-19)5-4-6-18-21-9-10-22-18/h11,13-15,18H,4-10,12H2,1-3H3/t14-,15-,19+/m1/s1. The zero-order chi connectivity index (χ0) is 17.2. The molecule has 0 amide bonds. The highest BCUT2D eigenvalue weighted by atomic mass is 16.7. The molecule has 5 heteroatoms. The zero-order valence-corrected chi connectivity index (χ0v) is 15.1. The van der Waals surface area contributed by atoms with Crippen LogP contribution in [-0.2, 0) is 23.7 Å². The number of carbonyl (C=O) groups is 1. The predicted molar refractivity (Wildman–Crippen MR) is 88.9 cm³/mol. The summed E-state index contributed by atoms with van der Waals surface area (Å²) >= 11 is 0. The Bertz CT molecular complexity index is 480. The normalized spacial score (nSPS) is 34.3. The fourth-order valence-electron chi connectivity index (χ4n) is 3.95.